The lowest BCUT2D eigenvalue weighted by atomic mass is 9.84. The Labute approximate surface area is 152 Å². The van der Waals surface area contributed by atoms with E-state index < -0.39 is 5.60 Å². The van der Waals surface area contributed by atoms with E-state index >= 15 is 0 Å². The molecule has 0 saturated carbocycles. The average molecular weight is 353 g/mol. The number of para-hydroxylation sites is 1. The molecule has 26 heavy (non-hydrogen) atoms. The average Bonchev–Trinajstić information content (AvgIpc) is 2.84. The monoisotopic (exact) mass is 353 g/mol. The lowest BCUT2D eigenvalue weighted by Gasteiger charge is -2.37. The minimum Gasteiger partial charge on any atom is -0.486 e. The van der Waals surface area contributed by atoms with E-state index in [-0.39, 0.29) is 11.7 Å². The lowest BCUT2D eigenvalue weighted by Crippen LogP contribution is -2.43. The molecule has 1 aromatic carbocycles. The molecule has 3 heterocycles. The molecule has 2 aromatic rings. The topological polar surface area (TPSA) is 64.4 Å². The Kier molecular flexibility index (Phi) is 4.05. The second-order valence-electron chi connectivity index (χ2n) is 7.29. The van der Waals surface area contributed by atoms with Gasteiger partial charge in [0.25, 0.3) is 5.91 Å². The highest BCUT2D eigenvalue weighted by Gasteiger charge is 2.42. The van der Waals surface area contributed by atoms with Crippen LogP contribution in [0.3, 0.4) is 0 Å². The zero-order valence-electron chi connectivity index (χ0n) is 15.2. The maximum absolute atomic E-state index is 12.9. The number of aryl methyl sites for hydroxylation is 1. The van der Waals surface area contributed by atoms with Crippen LogP contribution in [0.5, 0.6) is 5.75 Å². The van der Waals surface area contributed by atoms with Gasteiger partial charge in [0.2, 0.25) is 0 Å². The number of ketones is 1. The van der Waals surface area contributed by atoms with E-state index in [1.54, 1.807) is 10.9 Å². The van der Waals surface area contributed by atoms with Gasteiger partial charge in [0.1, 0.15) is 11.4 Å². The molecule has 1 atom stereocenters. The SMILES string of the molecule is Cc1c(C(=O)N2CCCC3(CC2)CC(=O)c2ccccc2O3)cnn1C. The van der Waals surface area contributed by atoms with Gasteiger partial charge in [-0.05, 0) is 31.9 Å². The van der Waals surface area contributed by atoms with Crippen molar-refractivity contribution in [2.45, 2.75) is 38.2 Å². The van der Waals surface area contributed by atoms with Crippen molar-refractivity contribution in [3.8, 4) is 5.75 Å². The molecule has 1 unspecified atom stereocenters. The molecule has 6 heteroatoms. The van der Waals surface area contributed by atoms with Crippen molar-refractivity contribution >= 4 is 11.7 Å². The van der Waals surface area contributed by atoms with Gasteiger partial charge in [-0.25, -0.2) is 0 Å². The van der Waals surface area contributed by atoms with Crippen molar-refractivity contribution in [2.75, 3.05) is 13.1 Å². The molecular weight excluding hydrogens is 330 g/mol. The summed E-state index contributed by atoms with van der Waals surface area (Å²) in [6.45, 7) is 3.16. The van der Waals surface area contributed by atoms with E-state index in [1.807, 2.05) is 43.1 Å². The molecule has 1 amide bonds. The highest BCUT2D eigenvalue weighted by molar-refractivity contribution is 6.00. The second-order valence-corrected chi connectivity index (χ2v) is 7.29. The van der Waals surface area contributed by atoms with Gasteiger partial charge in [0.05, 0.1) is 23.7 Å². The third kappa shape index (κ3) is 2.79. The van der Waals surface area contributed by atoms with Gasteiger partial charge in [0.15, 0.2) is 5.78 Å². The number of Topliss-reactive ketones (excluding diaryl/α,β-unsaturated/α-hetero) is 1. The third-order valence-corrected chi connectivity index (χ3v) is 5.65. The summed E-state index contributed by atoms with van der Waals surface area (Å²) in [5, 5.41) is 4.17. The van der Waals surface area contributed by atoms with Gasteiger partial charge < -0.3 is 9.64 Å². The van der Waals surface area contributed by atoms with Crippen molar-refractivity contribution in [3.05, 3.63) is 47.3 Å². The fraction of sp³-hybridized carbons (Fsp3) is 0.450. The van der Waals surface area contributed by atoms with Crippen molar-refractivity contribution in [3.63, 3.8) is 0 Å². The molecule has 1 fully saturated rings. The zero-order chi connectivity index (χ0) is 18.3. The summed E-state index contributed by atoms with van der Waals surface area (Å²) in [4.78, 5) is 27.3. The molecular formula is C20H23N3O3. The van der Waals surface area contributed by atoms with Crippen LogP contribution >= 0.6 is 0 Å². The third-order valence-electron chi connectivity index (χ3n) is 5.65. The predicted octanol–water partition coefficient (Wildman–Crippen LogP) is 2.76. The number of hydrogen-bond donors (Lipinski definition) is 0. The molecule has 0 bridgehead atoms. The van der Waals surface area contributed by atoms with Crippen LogP contribution in [-0.2, 0) is 7.05 Å². The number of carbonyl (C=O) groups is 2. The molecule has 1 spiro atoms. The summed E-state index contributed by atoms with van der Waals surface area (Å²) >= 11 is 0. The van der Waals surface area contributed by atoms with Gasteiger partial charge in [-0.3, -0.25) is 14.3 Å². The maximum atomic E-state index is 12.9. The summed E-state index contributed by atoms with van der Waals surface area (Å²) < 4.78 is 8.01. The van der Waals surface area contributed by atoms with E-state index in [9.17, 15) is 9.59 Å². The predicted molar refractivity (Wildman–Crippen MR) is 96.4 cm³/mol. The lowest BCUT2D eigenvalue weighted by molar-refractivity contribution is 0.0300. The molecule has 136 valence electrons. The normalized spacial score (nSPS) is 22.7. The van der Waals surface area contributed by atoms with Gasteiger partial charge >= 0.3 is 0 Å². The van der Waals surface area contributed by atoms with E-state index in [1.165, 1.54) is 0 Å². The molecule has 2 aliphatic rings. The molecule has 0 radical (unpaired) electrons. The number of rotatable bonds is 1. The Morgan fingerprint density at radius 2 is 2.04 bits per heavy atom. The molecule has 1 aromatic heterocycles. The Hall–Kier alpha value is -2.63. The van der Waals surface area contributed by atoms with Crippen LogP contribution in [0.15, 0.2) is 30.5 Å². The summed E-state index contributed by atoms with van der Waals surface area (Å²) in [7, 11) is 1.84. The largest absolute Gasteiger partial charge is 0.486 e. The van der Waals surface area contributed by atoms with Gasteiger partial charge in [0, 0.05) is 32.3 Å². The van der Waals surface area contributed by atoms with Gasteiger partial charge in [-0.2, -0.15) is 5.10 Å². The fourth-order valence-corrected chi connectivity index (χ4v) is 3.97. The Morgan fingerprint density at radius 1 is 1.23 bits per heavy atom. The van der Waals surface area contributed by atoms with Crippen molar-refractivity contribution < 1.29 is 14.3 Å². The molecule has 1 saturated heterocycles. The first-order chi connectivity index (χ1) is 12.5. The van der Waals surface area contributed by atoms with Crippen LogP contribution in [-0.4, -0.2) is 45.1 Å². The van der Waals surface area contributed by atoms with E-state index in [2.05, 4.69) is 5.10 Å². The maximum Gasteiger partial charge on any atom is 0.257 e. The Morgan fingerprint density at radius 3 is 2.81 bits per heavy atom. The Balaban J connectivity index is 1.53. The smallest absolute Gasteiger partial charge is 0.257 e. The van der Waals surface area contributed by atoms with E-state index in [4.69, 9.17) is 4.74 Å². The van der Waals surface area contributed by atoms with Crippen LogP contribution in [0, 0.1) is 6.92 Å². The van der Waals surface area contributed by atoms with Crippen molar-refractivity contribution in [1.29, 1.82) is 0 Å². The van der Waals surface area contributed by atoms with Gasteiger partial charge in [-0.15, -0.1) is 0 Å². The minimum atomic E-state index is -0.496. The highest BCUT2D eigenvalue weighted by Crippen LogP contribution is 2.39. The number of hydrogen-bond acceptors (Lipinski definition) is 4. The summed E-state index contributed by atoms with van der Waals surface area (Å²) in [6.07, 6.45) is 4.29. The molecule has 0 aliphatic carbocycles. The number of carbonyl (C=O) groups excluding carboxylic acids is 2. The van der Waals surface area contributed by atoms with Crippen LogP contribution in [0.4, 0.5) is 0 Å². The number of fused-ring (bicyclic) bond motifs is 1. The second kappa shape index (κ2) is 6.27. The van der Waals surface area contributed by atoms with Crippen molar-refractivity contribution in [1.82, 2.24) is 14.7 Å². The quantitative estimate of drug-likeness (QED) is 0.791. The van der Waals surface area contributed by atoms with Crippen LogP contribution in [0.25, 0.3) is 0 Å². The minimum absolute atomic E-state index is 0.00943. The molecule has 0 N–H and O–H groups in total. The number of nitrogens with zero attached hydrogens (tertiary/aromatic N) is 3. The number of aromatic nitrogens is 2. The first-order valence-electron chi connectivity index (χ1n) is 9.08. The Bertz CT molecular complexity index is 873. The molecule has 6 nitrogen and oxygen atoms in total. The first kappa shape index (κ1) is 16.8. The van der Waals surface area contributed by atoms with E-state index in [0.29, 0.717) is 42.8 Å². The number of amides is 1. The molecule has 4 rings (SSSR count). The fourth-order valence-electron chi connectivity index (χ4n) is 3.97. The van der Waals surface area contributed by atoms with Crippen LogP contribution < -0.4 is 4.74 Å². The van der Waals surface area contributed by atoms with Crippen LogP contribution in [0.2, 0.25) is 0 Å². The van der Waals surface area contributed by atoms with Crippen LogP contribution in [0.1, 0.15) is 52.1 Å². The zero-order valence-corrected chi connectivity index (χ0v) is 15.2. The standard InChI is InChI=1S/C20H23N3O3/c1-14-16(13-21-22(14)2)19(25)23-10-5-8-20(9-11-23)12-17(24)15-6-3-4-7-18(15)26-20/h3-4,6-7,13H,5,8-12H2,1-2H3. The summed E-state index contributed by atoms with van der Waals surface area (Å²) in [5.41, 5.74) is 1.69. The highest BCUT2D eigenvalue weighted by atomic mass is 16.5. The summed E-state index contributed by atoms with van der Waals surface area (Å²) in [5.74, 6) is 0.816. The van der Waals surface area contributed by atoms with Gasteiger partial charge in [-0.1, -0.05) is 12.1 Å². The number of ether oxygens (including phenoxy) is 1. The first-order valence-corrected chi connectivity index (χ1v) is 9.08. The summed E-state index contributed by atoms with van der Waals surface area (Å²) in [6, 6.07) is 7.44. The number of benzene rings is 1. The van der Waals surface area contributed by atoms with E-state index in [0.717, 1.165) is 18.5 Å². The molecule has 2 aliphatic heterocycles. The van der Waals surface area contributed by atoms with Crippen molar-refractivity contribution in [2.24, 2.45) is 7.05 Å². The number of likely N-dealkylation sites (tertiary alicyclic amines) is 1.